The molecule has 0 saturated heterocycles. The summed E-state index contributed by atoms with van der Waals surface area (Å²) in [6.45, 7) is 1.97. The number of fused-ring (bicyclic) bond motifs is 1. The Labute approximate surface area is 160 Å². The first kappa shape index (κ1) is 17.1. The van der Waals surface area contributed by atoms with Crippen molar-refractivity contribution in [3.63, 3.8) is 0 Å². The summed E-state index contributed by atoms with van der Waals surface area (Å²) in [5.74, 6) is 0.391. The Kier molecular flexibility index (Phi) is 4.22. The summed E-state index contributed by atoms with van der Waals surface area (Å²) >= 11 is 7.59. The van der Waals surface area contributed by atoms with Gasteiger partial charge in [0.1, 0.15) is 16.2 Å². The van der Waals surface area contributed by atoms with E-state index in [1.54, 1.807) is 28.8 Å². The van der Waals surface area contributed by atoms with E-state index in [4.69, 9.17) is 11.6 Å². The van der Waals surface area contributed by atoms with E-state index in [0.717, 1.165) is 10.4 Å². The molecule has 0 bridgehead atoms. The van der Waals surface area contributed by atoms with Gasteiger partial charge >= 0.3 is 0 Å². The molecule has 26 heavy (non-hydrogen) atoms. The molecule has 1 N–H and O–H groups in total. The van der Waals surface area contributed by atoms with Gasteiger partial charge in [0, 0.05) is 6.20 Å². The number of aromatic nitrogens is 2. The number of nitrogens with one attached hydrogen (secondary N) is 1. The molecule has 1 aromatic carbocycles. The minimum Gasteiger partial charge on any atom is -0.285 e. The van der Waals surface area contributed by atoms with Gasteiger partial charge < -0.3 is 0 Å². The van der Waals surface area contributed by atoms with Crippen molar-refractivity contribution >= 4 is 44.4 Å². The summed E-state index contributed by atoms with van der Waals surface area (Å²) in [5, 5.41) is 2.10. The molecule has 0 spiro atoms. The van der Waals surface area contributed by atoms with Gasteiger partial charge in [-0.15, -0.1) is 11.3 Å². The van der Waals surface area contributed by atoms with Crippen molar-refractivity contribution in [2.75, 3.05) is 4.72 Å². The van der Waals surface area contributed by atoms with Crippen LogP contribution in [0, 0.1) is 6.92 Å². The van der Waals surface area contributed by atoms with Gasteiger partial charge in [0.05, 0.1) is 9.90 Å². The summed E-state index contributed by atoms with van der Waals surface area (Å²) in [4.78, 5) is 5.54. The summed E-state index contributed by atoms with van der Waals surface area (Å²) in [7, 11) is -3.87. The molecule has 3 aromatic heterocycles. The molecule has 0 unspecified atom stereocenters. The highest BCUT2D eigenvalue weighted by Gasteiger charge is 2.23. The number of nitrogens with zero attached hydrogens (tertiary/aromatic N) is 2. The number of sulfonamides is 1. The van der Waals surface area contributed by atoms with Crippen LogP contribution in [-0.4, -0.2) is 17.8 Å². The van der Waals surface area contributed by atoms with Crippen LogP contribution in [0.3, 0.4) is 0 Å². The van der Waals surface area contributed by atoms with Gasteiger partial charge in [-0.25, -0.2) is 13.4 Å². The number of pyridine rings is 1. The monoisotopic (exact) mass is 403 g/mol. The van der Waals surface area contributed by atoms with E-state index in [2.05, 4.69) is 9.71 Å². The fourth-order valence-electron chi connectivity index (χ4n) is 2.67. The molecular formula is C18H14ClN3O2S2. The topological polar surface area (TPSA) is 63.5 Å². The second-order valence-corrected chi connectivity index (χ2v) is 8.76. The molecule has 0 radical (unpaired) electrons. The first-order valence-electron chi connectivity index (χ1n) is 7.76. The number of rotatable bonds is 4. The van der Waals surface area contributed by atoms with Crippen LogP contribution in [0.4, 0.5) is 5.82 Å². The minimum atomic E-state index is -3.87. The molecule has 3 heterocycles. The molecule has 8 heteroatoms. The molecule has 0 atom stereocenters. The Morgan fingerprint density at radius 3 is 2.69 bits per heavy atom. The van der Waals surface area contributed by atoms with E-state index in [9.17, 15) is 8.42 Å². The number of thiophene rings is 1. The fourth-order valence-corrected chi connectivity index (χ4v) is 4.97. The minimum absolute atomic E-state index is 0.0286. The third-order valence-electron chi connectivity index (χ3n) is 3.89. The number of hydrogen-bond donors (Lipinski definition) is 1. The van der Waals surface area contributed by atoms with Gasteiger partial charge in [0.15, 0.2) is 5.82 Å². The van der Waals surface area contributed by atoms with Crippen LogP contribution in [-0.2, 0) is 10.0 Å². The number of hydrogen-bond acceptors (Lipinski definition) is 4. The maximum Gasteiger partial charge on any atom is 0.264 e. The average molecular weight is 404 g/mol. The Morgan fingerprint density at radius 1 is 1.15 bits per heavy atom. The summed E-state index contributed by atoms with van der Waals surface area (Å²) in [5.41, 5.74) is 2.30. The lowest BCUT2D eigenvalue weighted by atomic mass is 10.3. The highest BCUT2D eigenvalue weighted by molar-refractivity contribution is 7.92. The average Bonchev–Trinajstić information content (AvgIpc) is 3.23. The van der Waals surface area contributed by atoms with Crippen LogP contribution in [0.1, 0.15) is 5.56 Å². The van der Waals surface area contributed by atoms with Crippen molar-refractivity contribution in [3.8, 4) is 10.6 Å². The Balaban J connectivity index is 1.91. The van der Waals surface area contributed by atoms with Gasteiger partial charge in [-0.3, -0.25) is 9.12 Å². The molecule has 0 fully saturated rings. The second kappa shape index (κ2) is 6.42. The van der Waals surface area contributed by atoms with Crippen LogP contribution in [0.5, 0.6) is 0 Å². The van der Waals surface area contributed by atoms with Gasteiger partial charge in [0.2, 0.25) is 0 Å². The van der Waals surface area contributed by atoms with Crippen LogP contribution in [0.15, 0.2) is 65.0 Å². The SMILES string of the molecule is Cc1ccn2c(NS(=O)(=O)c3ccccc3Cl)c(-c3cccs3)nc2c1. The predicted octanol–water partition coefficient (Wildman–Crippen LogP) is 4.83. The molecule has 4 aromatic rings. The molecule has 0 aliphatic heterocycles. The van der Waals surface area contributed by atoms with Crippen LogP contribution in [0.25, 0.3) is 16.2 Å². The van der Waals surface area contributed by atoms with Crippen molar-refractivity contribution in [2.24, 2.45) is 0 Å². The van der Waals surface area contributed by atoms with Crippen molar-refractivity contribution in [2.45, 2.75) is 11.8 Å². The molecule has 0 aliphatic carbocycles. The third kappa shape index (κ3) is 2.98. The lowest BCUT2D eigenvalue weighted by Crippen LogP contribution is -2.15. The normalized spacial score (nSPS) is 11.8. The highest BCUT2D eigenvalue weighted by atomic mass is 35.5. The van der Waals surface area contributed by atoms with Gasteiger partial charge in [0.25, 0.3) is 10.0 Å². The summed E-state index contributed by atoms with van der Waals surface area (Å²) in [6, 6.07) is 14.0. The van der Waals surface area contributed by atoms with Crippen LogP contribution in [0.2, 0.25) is 5.02 Å². The Bertz CT molecular complexity index is 1200. The van der Waals surface area contributed by atoms with Gasteiger partial charge in [-0.05, 0) is 48.2 Å². The van der Waals surface area contributed by atoms with Crippen LogP contribution < -0.4 is 4.72 Å². The maximum absolute atomic E-state index is 12.9. The van der Waals surface area contributed by atoms with E-state index in [0.29, 0.717) is 17.2 Å². The first-order valence-corrected chi connectivity index (χ1v) is 10.5. The molecular weight excluding hydrogens is 390 g/mol. The van der Waals surface area contributed by atoms with Gasteiger partial charge in [-0.2, -0.15) is 0 Å². The first-order chi connectivity index (χ1) is 12.5. The number of halogens is 1. The third-order valence-corrected chi connectivity index (χ3v) is 6.61. The zero-order valence-corrected chi connectivity index (χ0v) is 16.1. The molecule has 4 rings (SSSR count). The Morgan fingerprint density at radius 2 is 1.96 bits per heavy atom. The molecule has 132 valence electrons. The van der Waals surface area contributed by atoms with Gasteiger partial charge in [-0.1, -0.05) is 29.8 Å². The maximum atomic E-state index is 12.9. The number of imidazole rings is 1. The quantitative estimate of drug-likeness (QED) is 0.531. The largest absolute Gasteiger partial charge is 0.285 e. The Hall–Kier alpha value is -2.35. The lowest BCUT2D eigenvalue weighted by molar-refractivity contribution is 0.601. The number of aryl methyl sites for hydroxylation is 1. The zero-order valence-electron chi connectivity index (χ0n) is 13.7. The van der Waals surface area contributed by atoms with E-state index in [-0.39, 0.29) is 9.92 Å². The standard InChI is InChI=1S/C18H14ClN3O2S2/c1-12-8-9-22-16(11-12)20-17(14-6-4-10-25-14)18(22)21-26(23,24)15-7-3-2-5-13(15)19/h2-11,21H,1H3. The molecule has 0 saturated carbocycles. The van der Waals surface area contributed by atoms with Crippen LogP contribution >= 0.6 is 22.9 Å². The van der Waals surface area contributed by atoms with Crippen molar-refractivity contribution in [3.05, 3.63) is 70.7 Å². The highest BCUT2D eigenvalue weighted by Crippen LogP contribution is 2.34. The number of anilines is 1. The smallest absolute Gasteiger partial charge is 0.264 e. The van der Waals surface area contributed by atoms with E-state index >= 15 is 0 Å². The van der Waals surface area contributed by atoms with E-state index in [1.807, 2.05) is 36.6 Å². The van der Waals surface area contributed by atoms with Crippen molar-refractivity contribution in [1.82, 2.24) is 9.38 Å². The molecule has 0 aliphatic rings. The molecule has 5 nitrogen and oxygen atoms in total. The van der Waals surface area contributed by atoms with E-state index in [1.165, 1.54) is 17.4 Å². The predicted molar refractivity (Wildman–Crippen MR) is 106 cm³/mol. The summed E-state index contributed by atoms with van der Waals surface area (Å²) < 4.78 is 30.2. The van der Waals surface area contributed by atoms with Crippen molar-refractivity contribution < 1.29 is 8.42 Å². The lowest BCUT2D eigenvalue weighted by Gasteiger charge is -2.10. The zero-order chi connectivity index (χ0) is 18.3. The van der Waals surface area contributed by atoms with Crippen molar-refractivity contribution in [1.29, 1.82) is 0 Å². The second-order valence-electron chi connectivity index (χ2n) is 5.75. The fraction of sp³-hybridized carbons (Fsp3) is 0.0556. The summed E-state index contributed by atoms with van der Waals surface area (Å²) in [6.07, 6.45) is 1.80. The number of benzene rings is 1. The van der Waals surface area contributed by atoms with E-state index < -0.39 is 10.0 Å². The molecule has 0 amide bonds.